The molecule has 1 saturated carbocycles. The Morgan fingerprint density at radius 2 is 2.17 bits per heavy atom. The number of morpholine rings is 1. The number of methoxy groups -OCH3 is 1. The predicted molar refractivity (Wildman–Crippen MR) is 134 cm³/mol. The maximum Gasteiger partial charge on any atom is 0.320 e. The van der Waals surface area contributed by atoms with Gasteiger partial charge >= 0.3 is 5.97 Å². The van der Waals surface area contributed by atoms with Gasteiger partial charge < -0.3 is 19.6 Å². The molecule has 3 aromatic rings. The summed E-state index contributed by atoms with van der Waals surface area (Å²) in [6.45, 7) is 0.863. The van der Waals surface area contributed by atoms with Gasteiger partial charge in [0.15, 0.2) is 0 Å². The first kappa shape index (κ1) is 24.1. The zero-order valence-electron chi connectivity index (χ0n) is 19.5. The molecule has 1 aliphatic heterocycles. The number of ether oxygens (including phenoxy) is 2. The zero-order valence-corrected chi connectivity index (χ0v) is 20.3. The monoisotopic (exact) mass is 513 g/mol. The molecule has 9 nitrogen and oxygen atoms in total. The Labute approximate surface area is 212 Å². The summed E-state index contributed by atoms with van der Waals surface area (Å²) in [5.74, 6) is 0.352. The van der Waals surface area contributed by atoms with Gasteiger partial charge in [-0.05, 0) is 49.6 Å². The number of rotatable bonds is 8. The lowest BCUT2D eigenvalue weighted by Crippen LogP contribution is -2.50. The smallest absolute Gasteiger partial charge is 0.320 e. The second-order valence-corrected chi connectivity index (χ2v) is 9.00. The van der Waals surface area contributed by atoms with Gasteiger partial charge in [-0.2, -0.15) is 0 Å². The summed E-state index contributed by atoms with van der Waals surface area (Å²) in [6.07, 6.45) is 7.82. The van der Waals surface area contributed by atoms with Crippen molar-refractivity contribution in [1.29, 1.82) is 0 Å². The van der Waals surface area contributed by atoms with Gasteiger partial charge in [0.2, 0.25) is 0 Å². The van der Waals surface area contributed by atoms with E-state index in [-0.39, 0.29) is 29.7 Å². The highest BCUT2D eigenvalue weighted by Gasteiger charge is 2.39. The Balaban J connectivity index is 1.28. The van der Waals surface area contributed by atoms with Crippen LogP contribution in [-0.2, 0) is 14.4 Å². The second-order valence-electron chi connectivity index (χ2n) is 8.59. The van der Waals surface area contributed by atoms with Gasteiger partial charge in [-0.3, -0.25) is 9.69 Å². The van der Waals surface area contributed by atoms with Gasteiger partial charge in [0.1, 0.15) is 41.8 Å². The average Bonchev–Trinajstić information content (AvgIpc) is 3.34. The molecule has 0 amide bonds. The van der Waals surface area contributed by atoms with Crippen LogP contribution in [0.25, 0.3) is 10.9 Å². The van der Waals surface area contributed by atoms with Crippen molar-refractivity contribution < 1.29 is 23.5 Å². The lowest BCUT2D eigenvalue weighted by atomic mass is 10.1. The molecule has 2 atom stereocenters. The topological polar surface area (TPSA) is 97.8 Å². The second kappa shape index (κ2) is 10.5. The van der Waals surface area contributed by atoms with Crippen LogP contribution in [-0.4, -0.2) is 53.2 Å². The normalized spacial score (nSPS) is 19.8. The number of nitrogens with one attached hydrogen (secondary N) is 2. The molecule has 0 bridgehead atoms. The predicted octanol–water partition coefficient (Wildman–Crippen LogP) is 4.81. The molecule has 1 saturated heterocycles. The van der Waals surface area contributed by atoms with Crippen LogP contribution in [0.5, 0.6) is 5.75 Å². The van der Waals surface area contributed by atoms with E-state index in [4.69, 9.17) is 25.9 Å². The molecule has 2 aliphatic rings. The number of nitrogens with zero attached hydrogens (tertiary/aromatic N) is 3. The minimum atomic E-state index is -0.500. The highest BCUT2D eigenvalue weighted by molar-refractivity contribution is 6.31. The van der Waals surface area contributed by atoms with E-state index in [2.05, 4.69) is 25.7 Å². The Morgan fingerprint density at radius 1 is 1.28 bits per heavy atom. The van der Waals surface area contributed by atoms with Crippen molar-refractivity contribution in [3.05, 3.63) is 59.8 Å². The molecular weight excluding hydrogens is 489 g/mol. The average molecular weight is 514 g/mol. The van der Waals surface area contributed by atoms with E-state index < -0.39 is 5.82 Å². The van der Waals surface area contributed by atoms with Crippen molar-refractivity contribution in [3.8, 4) is 5.75 Å². The van der Waals surface area contributed by atoms with Gasteiger partial charge in [0.25, 0.3) is 0 Å². The Bertz CT molecular complexity index is 1310. The third kappa shape index (κ3) is 5.14. The molecule has 0 spiro atoms. The van der Waals surface area contributed by atoms with Crippen LogP contribution in [0.3, 0.4) is 0 Å². The van der Waals surface area contributed by atoms with Crippen molar-refractivity contribution in [3.63, 3.8) is 0 Å². The van der Waals surface area contributed by atoms with E-state index in [1.807, 2.05) is 6.08 Å². The van der Waals surface area contributed by atoms with Gasteiger partial charge in [0.05, 0.1) is 24.2 Å². The molecule has 2 N–H and O–H groups in total. The highest BCUT2D eigenvalue weighted by atomic mass is 35.5. The van der Waals surface area contributed by atoms with Crippen molar-refractivity contribution in [2.24, 2.45) is 0 Å². The molecule has 36 heavy (non-hydrogen) atoms. The first-order chi connectivity index (χ1) is 17.5. The summed E-state index contributed by atoms with van der Waals surface area (Å²) in [4.78, 5) is 28.2. The minimum absolute atomic E-state index is 0.00323. The van der Waals surface area contributed by atoms with Crippen LogP contribution in [0.4, 0.5) is 21.6 Å². The summed E-state index contributed by atoms with van der Waals surface area (Å²) in [7, 11) is 1.55. The summed E-state index contributed by atoms with van der Waals surface area (Å²) in [6, 6.07) is 8.15. The number of anilines is 3. The van der Waals surface area contributed by atoms with E-state index in [1.54, 1.807) is 25.3 Å². The molecule has 1 aromatic heterocycles. The van der Waals surface area contributed by atoms with Crippen LogP contribution >= 0.6 is 11.6 Å². The fraction of sp³-hybridized carbons (Fsp3) is 0.320. The third-order valence-electron chi connectivity index (χ3n) is 6.31. The fourth-order valence-corrected chi connectivity index (χ4v) is 4.80. The maximum atomic E-state index is 13.5. The van der Waals surface area contributed by atoms with Gasteiger partial charge in [-0.1, -0.05) is 11.6 Å². The van der Waals surface area contributed by atoms with Crippen molar-refractivity contribution in [1.82, 2.24) is 14.9 Å². The number of benzene rings is 2. The number of hydrogen-bond acceptors (Lipinski definition) is 9. The zero-order chi connectivity index (χ0) is 25.1. The number of aromatic nitrogens is 2. The molecule has 0 radical (unpaired) electrons. The Morgan fingerprint density at radius 3 is 3.00 bits per heavy atom. The summed E-state index contributed by atoms with van der Waals surface area (Å²) >= 11 is 5.91. The fourth-order valence-electron chi connectivity index (χ4n) is 4.62. The SMILES string of the molecule is COc1cc2ncnc(Nc3ccc(F)c(Cl)c3)c2cc1NOC=CCN1CC(=O)OC2CCCC21. The molecule has 5 rings (SSSR count). The Hall–Kier alpha value is -3.63. The molecule has 11 heteroatoms. The number of hydrogen-bond donors (Lipinski definition) is 2. The van der Waals surface area contributed by atoms with Crippen LogP contribution in [0.15, 0.2) is 49.0 Å². The Kier molecular flexibility index (Phi) is 7.06. The molecule has 2 aromatic carbocycles. The van der Waals surface area contributed by atoms with Crippen LogP contribution in [0, 0.1) is 5.82 Å². The van der Waals surface area contributed by atoms with E-state index >= 15 is 0 Å². The lowest BCUT2D eigenvalue weighted by molar-refractivity contribution is -0.161. The molecule has 1 aliphatic carbocycles. The van der Waals surface area contributed by atoms with Gasteiger partial charge in [0, 0.05) is 29.7 Å². The van der Waals surface area contributed by atoms with E-state index in [1.165, 1.54) is 24.7 Å². The van der Waals surface area contributed by atoms with E-state index in [0.29, 0.717) is 40.4 Å². The van der Waals surface area contributed by atoms with Gasteiger partial charge in [-0.25, -0.2) is 19.8 Å². The lowest BCUT2D eigenvalue weighted by Gasteiger charge is -2.35. The van der Waals surface area contributed by atoms with Crippen molar-refractivity contribution >= 4 is 45.7 Å². The van der Waals surface area contributed by atoms with E-state index in [0.717, 1.165) is 19.3 Å². The molecule has 2 fully saturated rings. The molecule has 2 unspecified atom stereocenters. The largest absolute Gasteiger partial charge is 0.494 e. The number of carbonyl (C=O) groups is 1. The maximum absolute atomic E-state index is 13.5. The van der Waals surface area contributed by atoms with Crippen LogP contribution in [0.1, 0.15) is 19.3 Å². The first-order valence-electron chi connectivity index (χ1n) is 11.6. The highest BCUT2D eigenvalue weighted by Crippen LogP contribution is 2.34. The summed E-state index contributed by atoms with van der Waals surface area (Å²) < 4.78 is 24.5. The number of fused-ring (bicyclic) bond motifs is 2. The van der Waals surface area contributed by atoms with Crippen LogP contribution in [0.2, 0.25) is 5.02 Å². The molecular formula is C25H25ClFN5O4. The quantitative estimate of drug-likeness (QED) is 0.250. The van der Waals surface area contributed by atoms with Crippen molar-refractivity contribution in [2.75, 3.05) is 31.0 Å². The number of carbonyl (C=O) groups excluding carboxylic acids is 1. The van der Waals surface area contributed by atoms with Gasteiger partial charge in [-0.15, -0.1) is 0 Å². The molecule has 188 valence electrons. The first-order valence-corrected chi connectivity index (χ1v) is 11.9. The van der Waals surface area contributed by atoms with Crippen molar-refractivity contribution in [2.45, 2.75) is 31.4 Å². The van der Waals surface area contributed by atoms with E-state index in [9.17, 15) is 9.18 Å². The number of esters is 1. The molecule has 2 heterocycles. The third-order valence-corrected chi connectivity index (χ3v) is 6.60. The number of halogens is 2. The minimum Gasteiger partial charge on any atom is -0.494 e. The van der Waals surface area contributed by atoms with Crippen LogP contribution < -0.4 is 15.5 Å². The standard InChI is InChI=1S/C25H25ClFN5O4/c1-34-23-12-19-16(25(29-14-28-19)30-15-6-7-18(27)17(26)10-15)11-20(23)31-35-9-3-8-32-13-24(33)36-22-5-2-4-21(22)32/h3,6-7,9-12,14,21-22,31H,2,4-5,8,13H2,1H3,(H,28,29,30). The summed E-state index contributed by atoms with van der Waals surface area (Å²) in [5, 5.41) is 3.84. The summed E-state index contributed by atoms with van der Waals surface area (Å²) in [5.41, 5.74) is 4.66.